The van der Waals surface area contributed by atoms with Gasteiger partial charge in [0.05, 0.1) is 5.52 Å². The molecular weight excluding hydrogens is 330 g/mol. The maximum atomic E-state index is 6.45. The van der Waals surface area contributed by atoms with Gasteiger partial charge in [0.1, 0.15) is 11.3 Å². The van der Waals surface area contributed by atoms with Gasteiger partial charge in [0.15, 0.2) is 5.58 Å². The number of fused-ring (bicyclic) bond motifs is 5. The molecule has 27 heavy (non-hydrogen) atoms. The Morgan fingerprint density at radius 1 is 0.704 bits per heavy atom. The van der Waals surface area contributed by atoms with Crippen LogP contribution in [0.3, 0.4) is 0 Å². The number of aryl methyl sites for hydroxylation is 4. The minimum absolute atomic E-state index is 0.877. The van der Waals surface area contributed by atoms with Crippen LogP contribution in [-0.4, -0.2) is 4.98 Å². The van der Waals surface area contributed by atoms with Crippen LogP contribution in [0.15, 0.2) is 59.0 Å². The van der Waals surface area contributed by atoms with Gasteiger partial charge in [0, 0.05) is 21.7 Å². The first-order valence-corrected chi connectivity index (χ1v) is 9.32. The lowest BCUT2D eigenvalue weighted by Crippen LogP contribution is -1.89. The van der Waals surface area contributed by atoms with E-state index >= 15 is 0 Å². The molecule has 0 bridgehead atoms. The Morgan fingerprint density at radius 3 is 2.19 bits per heavy atom. The number of aromatic nitrogens is 1. The molecular formula is C25H21NO. The van der Waals surface area contributed by atoms with E-state index in [0.717, 1.165) is 44.3 Å². The monoisotopic (exact) mass is 351 g/mol. The minimum atomic E-state index is 0.877. The number of furan rings is 1. The molecule has 0 radical (unpaired) electrons. The van der Waals surface area contributed by atoms with Crippen LogP contribution < -0.4 is 0 Å². The second-order valence-corrected chi connectivity index (χ2v) is 7.62. The van der Waals surface area contributed by atoms with E-state index in [0.29, 0.717) is 0 Å². The topological polar surface area (TPSA) is 26.0 Å². The summed E-state index contributed by atoms with van der Waals surface area (Å²) in [6, 6.07) is 19.3. The van der Waals surface area contributed by atoms with Gasteiger partial charge in [-0.25, -0.2) is 4.98 Å². The fourth-order valence-corrected chi connectivity index (χ4v) is 4.25. The molecule has 0 N–H and O–H groups in total. The molecule has 0 fully saturated rings. The van der Waals surface area contributed by atoms with Crippen LogP contribution in [0.2, 0.25) is 0 Å². The van der Waals surface area contributed by atoms with Crippen molar-refractivity contribution in [2.45, 2.75) is 27.7 Å². The Balaban J connectivity index is 2.03. The summed E-state index contributed by atoms with van der Waals surface area (Å²) in [5.41, 5.74) is 9.74. The van der Waals surface area contributed by atoms with Crippen LogP contribution in [0, 0.1) is 27.7 Å². The quantitative estimate of drug-likeness (QED) is 0.324. The zero-order valence-electron chi connectivity index (χ0n) is 16.1. The van der Waals surface area contributed by atoms with Crippen LogP contribution in [0.5, 0.6) is 0 Å². The second-order valence-electron chi connectivity index (χ2n) is 7.62. The van der Waals surface area contributed by atoms with Gasteiger partial charge in [-0.1, -0.05) is 41.5 Å². The first-order chi connectivity index (χ1) is 13.0. The molecule has 3 aromatic carbocycles. The van der Waals surface area contributed by atoms with Crippen molar-refractivity contribution in [2.24, 2.45) is 0 Å². The Hall–Kier alpha value is -3.13. The Labute approximate surface area is 158 Å². The van der Waals surface area contributed by atoms with Crippen molar-refractivity contribution in [3.05, 3.63) is 76.9 Å². The molecule has 0 atom stereocenters. The van der Waals surface area contributed by atoms with E-state index in [9.17, 15) is 0 Å². The smallest absolute Gasteiger partial charge is 0.162 e. The second kappa shape index (κ2) is 5.68. The summed E-state index contributed by atoms with van der Waals surface area (Å²) < 4.78 is 6.45. The number of hydrogen-bond acceptors (Lipinski definition) is 2. The van der Waals surface area contributed by atoms with E-state index in [1.54, 1.807) is 0 Å². The fourth-order valence-electron chi connectivity index (χ4n) is 4.25. The number of rotatable bonds is 1. The highest BCUT2D eigenvalue weighted by Crippen LogP contribution is 2.40. The van der Waals surface area contributed by atoms with Gasteiger partial charge in [-0.3, -0.25) is 0 Å². The van der Waals surface area contributed by atoms with Gasteiger partial charge in [0.25, 0.3) is 0 Å². The summed E-state index contributed by atoms with van der Waals surface area (Å²) in [6.45, 7) is 8.51. The molecule has 0 amide bonds. The first kappa shape index (κ1) is 16.1. The predicted molar refractivity (Wildman–Crippen MR) is 113 cm³/mol. The molecule has 0 aliphatic carbocycles. The predicted octanol–water partition coefficient (Wildman–Crippen LogP) is 7.03. The summed E-state index contributed by atoms with van der Waals surface area (Å²) in [6.07, 6.45) is 0. The third-order valence-corrected chi connectivity index (χ3v) is 5.24. The minimum Gasteiger partial charge on any atom is -0.453 e. The summed E-state index contributed by atoms with van der Waals surface area (Å²) in [7, 11) is 0. The van der Waals surface area contributed by atoms with E-state index in [4.69, 9.17) is 9.40 Å². The normalized spacial score (nSPS) is 11.7. The molecule has 0 aliphatic heterocycles. The molecule has 5 aromatic rings. The summed E-state index contributed by atoms with van der Waals surface area (Å²) in [5, 5.41) is 3.48. The van der Waals surface area contributed by atoms with E-state index in [2.05, 4.69) is 76.2 Å². The van der Waals surface area contributed by atoms with E-state index in [1.807, 2.05) is 6.07 Å². The van der Waals surface area contributed by atoms with Crippen LogP contribution >= 0.6 is 0 Å². The molecule has 2 nitrogen and oxygen atoms in total. The van der Waals surface area contributed by atoms with Crippen molar-refractivity contribution in [1.82, 2.24) is 4.98 Å². The van der Waals surface area contributed by atoms with Gasteiger partial charge in [-0.2, -0.15) is 0 Å². The van der Waals surface area contributed by atoms with Crippen LogP contribution in [-0.2, 0) is 0 Å². The number of para-hydroxylation sites is 1. The highest BCUT2D eigenvalue weighted by Gasteiger charge is 2.19. The van der Waals surface area contributed by atoms with Crippen LogP contribution in [0.4, 0.5) is 0 Å². The third-order valence-electron chi connectivity index (χ3n) is 5.24. The Morgan fingerprint density at radius 2 is 1.41 bits per heavy atom. The van der Waals surface area contributed by atoms with Crippen LogP contribution in [0.25, 0.3) is 44.1 Å². The summed E-state index contributed by atoms with van der Waals surface area (Å²) in [4.78, 5) is 5.01. The first-order valence-electron chi connectivity index (χ1n) is 9.32. The van der Waals surface area contributed by atoms with Crippen molar-refractivity contribution >= 4 is 32.8 Å². The number of benzene rings is 3. The van der Waals surface area contributed by atoms with Gasteiger partial charge in [0.2, 0.25) is 0 Å². The van der Waals surface area contributed by atoms with E-state index in [1.165, 1.54) is 22.1 Å². The average Bonchev–Trinajstić information content (AvgIpc) is 3.00. The maximum Gasteiger partial charge on any atom is 0.162 e. The highest BCUT2D eigenvalue weighted by atomic mass is 16.3. The zero-order chi connectivity index (χ0) is 18.7. The summed E-state index contributed by atoms with van der Waals surface area (Å²) in [5.74, 6) is 0. The third kappa shape index (κ3) is 2.44. The molecule has 0 saturated carbocycles. The largest absolute Gasteiger partial charge is 0.453 e. The molecule has 2 heterocycles. The lowest BCUT2D eigenvalue weighted by Gasteiger charge is -2.08. The molecule has 0 unspecified atom stereocenters. The van der Waals surface area contributed by atoms with Gasteiger partial charge < -0.3 is 4.42 Å². The van der Waals surface area contributed by atoms with Crippen molar-refractivity contribution < 1.29 is 4.42 Å². The lowest BCUT2D eigenvalue weighted by molar-refractivity contribution is 0.665. The highest BCUT2D eigenvalue weighted by molar-refractivity contribution is 6.21. The molecule has 0 saturated heterocycles. The maximum absolute atomic E-state index is 6.45. The summed E-state index contributed by atoms with van der Waals surface area (Å²) >= 11 is 0. The van der Waals surface area contributed by atoms with Crippen molar-refractivity contribution in [3.8, 4) is 11.3 Å². The Kier molecular flexibility index (Phi) is 3.38. The number of hydrogen-bond donors (Lipinski definition) is 0. The van der Waals surface area contributed by atoms with Crippen molar-refractivity contribution in [1.29, 1.82) is 0 Å². The van der Waals surface area contributed by atoms with Gasteiger partial charge >= 0.3 is 0 Å². The van der Waals surface area contributed by atoms with Crippen LogP contribution in [0.1, 0.15) is 22.3 Å². The SMILES string of the molecule is Cc1cc(C)cc(-c2nc3ccccc3c3c2oc2c(C)cc(C)cc23)c1. The van der Waals surface area contributed by atoms with Crippen molar-refractivity contribution in [2.75, 3.05) is 0 Å². The molecule has 0 aliphatic rings. The Bertz CT molecular complexity index is 1340. The lowest BCUT2D eigenvalue weighted by atomic mass is 9.99. The molecule has 5 rings (SSSR count). The molecule has 2 heteroatoms. The standard InChI is InChI=1S/C25H21NO/c1-14-9-15(2)12-18(11-14)23-25-22(19-7-5-6-8-21(19)26-23)20-13-16(3)10-17(4)24(20)27-25/h5-13H,1-4H3. The zero-order valence-corrected chi connectivity index (χ0v) is 16.1. The molecule has 132 valence electrons. The van der Waals surface area contributed by atoms with Gasteiger partial charge in [-0.05, 0) is 63.1 Å². The molecule has 2 aromatic heterocycles. The van der Waals surface area contributed by atoms with Gasteiger partial charge in [-0.15, -0.1) is 0 Å². The van der Waals surface area contributed by atoms with Crippen molar-refractivity contribution in [3.63, 3.8) is 0 Å². The fraction of sp³-hybridized carbons (Fsp3) is 0.160. The average molecular weight is 351 g/mol. The van der Waals surface area contributed by atoms with E-state index < -0.39 is 0 Å². The number of pyridine rings is 1. The molecule has 0 spiro atoms. The van der Waals surface area contributed by atoms with E-state index in [-0.39, 0.29) is 0 Å². The number of nitrogens with zero attached hydrogens (tertiary/aromatic N) is 1.